The van der Waals surface area contributed by atoms with Crippen LogP contribution in [0.2, 0.25) is 0 Å². The highest BCUT2D eigenvalue weighted by Gasteiger charge is 2.44. The molecule has 0 spiro atoms. The number of hydrogen-bond donors (Lipinski definition) is 0. The third-order valence-electron chi connectivity index (χ3n) is 33.2. The summed E-state index contributed by atoms with van der Waals surface area (Å²) in [4.78, 5) is 0. The molecular formula is C135H97N3O3. The molecule has 6 aromatic heterocycles. The Balaban J connectivity index is 0.000000102. The fourth-order valence-electron chi connectivity index (χ4n) is 26.5. The van der Waals surface area contributed by atoms with Crippen LogP contribution in [-0.2, 0) is 27.1 Å². The topological polar surface area (TPSA) is 54.2 Å². The summed E-state index contributed by atoms with van der Waals surface area (Å²) in [6.45, 7) is 23.8. The number of fused-ring (bicyclic) bond motifs is 36. The zero-order valence-corrected chi connectivity index (χ0v) is 80.2. The molecule has 0 saturated heterocycles. The van der Waals surface area contributed by atoms with Gasteiger partial charge in [0.25, 0.3) is 0 Å². The van der Waals surface area contributed by atoms with E-state index in [1.54, 1.807) is 0 Å². The van der Waals surface area contributed by atoms with Gasteiger partial charge in [0, 0.05) is 114 Å². The van der Waals surface area contributed by atoms with Crippen molar-refractivity contribution in [2.45, 2.75) is 96.3 Å². The Morgan fingerprint density at radius 1 is 0.163 bits per heavy atom. The molecule has 6 heteroatoms. The average Bonchev–Trinajstić information content (AvgIpc) is 1.54. The standard InChI is InChI=1S/2C48H35NO.C39H27NO/c1-47(2)39-26-28(30-15-11-16-36-34-13-7-10-19-43(34)50-46(30)36)20-22-32(39)33-23-21-29(27-40(33)47)49-41-18-9-6-14-37(41)44-42(49)25-24-35-31-12-5-8-17-38(31)48(3,4)45(35)44;1-47(2)39-26-29(28-18-24-44-37(25-28)34-12-7-10-16-43(34)50-44)17-20-32(39)33-21-19-30(27-40(33)47)49-41-15-9-6-13-36(41)45-42(49)23-22-35-31-11-5-8-14-38(31)48(3,4)46(35)45;1-39(2)32-12-6-3-9-27(32)29-20-21-34-37(38(29)39)30-11-4-7-13-33(30)40(34)26-18-15-24(16-19-26)25-17-22-36-31(23-25)28-10-5-8-14-35(28)41-36/h2*5-27H,1-4H3;3-23H,1-2H3. The molecule has 0 bridgehead atoms. The van der Waals surface area contributed by atoms with Crippen LogP contribution in [-0.4, -0.2) is 13.7 Å². The number of para-hydroxylation sites is 7. The molecule has 0 aliphatic heterocycles. The number of furan rings is 3. The maximum atomic E-state index is 6.45. The van der Waals surface area contributed by atoms with Gasteiger partial charge in [0.1, 0.15) is 33.5 Å². The number of nitrogens with zero attached hydrogens (tertiary/aromatic N) is 3. The van der Waals surface area contributed by atoms with Gasteiger partial charge in [0.15, 0.2) is 0 Å². The molecule has 5 aliphatic rings. The summed E-state index contributed by atoms with van der Waals surface area (Å²) in [5.41, 5.74) is 50.7. The first-order chi connectivity index (χ1) is 68.7. The molecule has 670 valence electrons. The molecule has 20 aromatic carbocycles. The van der Waals surface area contributed by atoms with E-state index in [4.69, 9.17) is 13.3 Å². The van der Waals surface area contributed by atoms with E-state index in [-0.39, 0.29) is 27.1 Å². The maximum Gasteiger partial charge on any atom is 0.143 e. The third-order valence-corrected chi connectivity index (χ3v) is 33.2. The fraction of sp³-hybridized carbons (Fsp3) is 0.111. The molecule has 0 atom stereocenters. The van der Waals surface area contributed by atoms with E-state index in [1.165, 1.54) is 222 Å². The highest BCUT2D eigenvalue weighted by Crippen LogP contribution is 2.60. The van der Waals surface area contributed by atoms with E-state index in [2.05, 4.69) is 459 Å². The molecule has 26 aromatic rings. The monoisotopic (exact) mass is 1810 g/mol. The summed E-state index contributed by atoms with van der Waals surface area (Å²) in [7, 11) is 0. The number of benzene rings is 20. The minimum Gasteiger partial charge on any atom is -0.456 e. The van der Waals surface area contributed by atoms with Crippen molar-refractivity contribution < 1.29 is 13.3 Å². The molecule has 0 N–H and O–H groups in total. The summed E-state index contributed by atoms with van der Waals surface area (Å²) < 4.78 is 26.1. The lowest BCUT2D eigenvalue weighted by molar-refractivity contribution is 0.659. The molecule has 0 amide bonds. The van der Waals surface area contributed by atoms with Gasteiger partial charge in [-0.05, 0) is 266 Å². The molecule has 31 rings (SSSR count). The zero-order chi connectivity index (χ0) is 94.3. The van der Waals surface area contributed by atoms with Crippen LogP contribution in [0.4, 0.5) is 0 Å². The minimum atomic E-state index is -0.178. The summed E-state index contributed by atoms with van der Waals surface area (Å²) in [6.07, 6.45) is 0. The van der Waals surface area contributed by atoms with Crippen molar-refractivity contribution in [1.82, 2.24) is 13.7 Å². The van der Waals surface area contributed by atoms with Gasteiger partial charge in [-0.1, -0.05) is 348 Å². The molecule has 0 radical (unpaired) electrons. The highest BCUT2D eigenvalue weighted by molar-refractivity contribution is 6.19. The van der Waals surface area contributed by atoms with Crippen molar-refractivity contribution in [2.75, 3.05) is 0 Å². The van der Waals surface area contributed by atoms with Crippen molar-refractivity contribution in [1.29, 1.82) is 0 Å². The lowest BCUT2D eigenvalue weighted by atomic mass is 9.80. The third kappa shape index (κ3) is 11.4. The van der Waals surface area contributed by atoms with Gasteiger partial charge in [-0.25, -0.2) is 0 Å². The molecule has 141 heavy (non-hydrogen) atoms. The molecule has 0 saturated carbocycles. The van der Waals surface area contributed by atoms with E-state index in [0.717, 1.165) is 71.4 Å². The summed E-state index contributed by atoms with van der Waals surface area (Å²) >= 11 is 0. The van der Waals surface area contributed by atoms with Crippen LogP contribution in [0, 0.1) is 0 Å². The van der Waals surface area contributed by atoms with Gasteiger partial charge in [0.05, 0.1) is 33.1 Å². The molecular weight excluding hydrogens is 1710 g/mol. The molecule has 0 fully saturated rings. The van der Waals surface area contributed by atoms with Gasteiger partial charge in [-0.3, -0.25) is 0 Å². The summed E-state index contributed by atoms with van der Waals surface area (Å²) in [5.74, 6) is 0. The first-order valence-electron chi connectivity index (χ1n) is 49.7. The Hall–Kier alpha value is -16.8. The van der Waals surface area contributed by atoms with Crippen molar-refractivity contribution in [3.63, 3.8) is 0 Å². The fourth-order valence-corrected chi connectivity index (χ4v) is 26.5. The van der Waals surface area contributed by atoms with Crippen LogP contribution < -0.4 is 0 Å². The lowest BCUT2D eigenvalue weighted by Gasteiger charge is -2.23. The van der Waals surface area contributed by atoms with Crippen LogP contribution in [0.25, 0.3) is 237 Å². The van der Waals surface area contributed by atoms with Crippen LogP contribution >= 0.6 is 0 Å². The van der Waals surface area contributed by atoms with Gasteiger partial charge < -0.3 is 27.0 Å². The van der Waals surface area contributed by atoms with Gasteiger partial charge in [0.2, 0.25) is 0 Å². The predicted octanol–water partition coefficient (Wildman–Crippen LogP) is 36.6. The van der Waals surface area contributed by atoms with Crippen LogP contribution in [0.5, 0.6) is 0 Å². The second-order valence-corrected chi connectivity index (χ2v) is 42.4. The van der Waals surface area contributed by atoms with Crippen molar-refractivity contribution in [2.24, 2.45) is 0 Å². The van der Waals surface area contributed by atoms with Gasteiger partial charge in [-0.2, -0.15) is 0 Å². The van der Waals surface area contributed by atoms with E-state index < -0.39 is 0 Å². The van der Waals surface area contributed by atoms with Gasteiger partial charge >= 0.3 is 0 Å². The smallest absolute Gasteiger partial charge is 0.143 e. The van der Waals surface area contributed by atoms with E-state index in [1.807, 2.05) is 30.3 Å². The molecule has 6 heterocycles. The number of aromatic nitrogens is 3. The second-order valence-electron chi connectivity index (χ2n) is 42.4. The van der Waals surface area contributed by atoms with Crippen LogP contribution in [0.3, 0.4) is 0 Å². The quantitative estimate of drug-likeness (QED) is 0.167. The Kier molecular flexibility index (Phi) is 16.8. The van der Waals surface area contributed by atoms with Crippen molar-refractivity contribution in [3.05, 3.63) is 462 Å². The van der Waals surface area contributed by atoms with Gasteiger partial charge in [-0.15, -0.1) is 0 Å². The zero-order valence-electron chi connectivity index (χ0n) is 80.2. The Bertz CT molecular complexity index is 9970. The van der Waals surface area contributed by atoms with E-state index in [9.17, 15) is 0 Å². The van der Waals surface area contributed by atoms with Crippen LogP contribution in [0.1, 0.15) is 125 Å². The first-order valence-corrected chi connectivity index (χ1v) is 49.7. The maximum absolute atomic E-state index is 6.45. The average molecular weight is 1810 g/mol. The largest absolute Gasteiger partial charge is 0.456 e. The van der Waals surface area contributed by atoms with Crippen molar-refractivity contribution >= 4 is 131 Å². The summed E-state index contributed by atoms with van der Waals surface area (Å²) in [5, 5.41) is 15.0. The Morgan fingerprint density at radius 3 is 0.887 bits per heavy atom. The van der Waals surface area contributed by atoms with E-state index in [0.29, 0.717) is 0 Å². The second kappa shape index (κ2) is 29.2. The highest BCUT2D eigenvalue weighted by atomic mass is 16.3. The minimum absolute atomic E-state index is 0.0693. The van der Waals surface area contributed by atoms with Crippen LogP contribution in [0.15, 0.2) is 420 Å². The van der Waals surface area contributed by atoms with Crippen molar-refractivity contribution in [3.8, 4) is 106 Å². The first kappa shape index (κ1) is 81.4. The number of rotatable bonds is 6. The Labute approximate surface area is 816 Å². The lowest BCUT2D eigenvalue weighted by Crippen LogP contribution is -2.15. The molecule has 5 aliphatic carbocycles. The molecule has 6 nitrogen and oxygen atoms in total. The predicted molar refractivity (Wildman–Crippen MR) is 588 cm³/mol. The summed E-state index contributed by atoms with van der Waals surface area (Å²) in [6, 6.07) is 149. The SMILES string of the molecule is CC1(C)c2cc(-c3ccc4oc5ccccc5c4c3)ccc2-c2ccc(-n3c4ccccc4c4c5c(ccc43)-c3ccccc3C5(C)C)cc21.CC1(C)c2cc(-c3cccc4c3oc3ccccc34)ccc2-c2ccc(-n3c4ccccc4c4c5c(ccc43)-c3ccccc3C5(C)C)cc21.CC1(C)c2ccccc2-c2ccc3c(c21)c1ccccc1n3-c1ccc(-c2ccc3oc4ccccc4c3c2)cc1. The van der Waals surface area contributed by atoms with E-state index >= 15 is 0 Å². The normalized spacial score (nSPS) is 14.7. The Morgan fingerprint density at radius 2 is 0.447 bits per heavy atom. The number of hydrogen-bond acceptors (Lipinski definition) is 3. The molecule has 0 unspecified atom stereocenters.